The van der Waals surface area contributed by atoms with Crippen LogP contribution in [0.15, 0.2) is 42.1 Å². The van der Waals surface area contributed by atoms with Gasteiger partial charge in [0.1, 0.15) is 16.9 Å². The van der Waals surface area contributed by atoms with Gasteiger partial charge in [-0.25, -0.2) is 4.79 Å². The van der Waals surface area contributed by atoms with Crippen LogP contribution in [0.1, 0.15) is 37.8 Å². The van der Waals surface area contributed by atoms with Gasteiger partial charge in [-0.2, -0.15) is 0 Å². The van der Waals surface area contributed by atoms with Crippen molar-refractivity contribution in [2.24, 2.45) is 0 Å². The minimum Gasteiger partial charge on any atom is -0.505 e. The van der Waals surface area contributed by atoms with E-state index in [1.807, 2.05) is 30.3 Å². The van der Waals surface area contributed by atoms with E-state index in [0.29, 0.717) is 29.8 Å². The maximum Gasteiger partial charge on any atom is 0.343 e. The molecule has 0 unspecified atom stereocenters. The number of carboxylic acid groups (broad SMARTS) is 1. The van der Waals surface area contributed by atoms with Crippen LogP contribution in [0.3, 0.4) is 0 Å². The number of fused-ring (bicyclic) bond motifs is 2. The van der Waals surface area contributed by atoms with Gasteiger partial charge in [0.15, 0.2) is 11.5 Å². The van der Waals surface area contributed by atoms with Crippen LogP contribution in [0.2, 0.25) is 0 Å². The molecule has 27 heavy (non-hydrogen) atoms. The molecular formula is C21H21NO5. The van der Waals surface area contributed by atoms with E-state index < -0.39 is 28.6 Å². The largest absolute Gasteiger partial charge is 0.505 e. The molecule has 0 atom stereocenters. The molecule has 2 aliphatic rings. The lowest BCUT2D eigenvalue weighted by atomic mass is 9.73. The summed E-state index contributed by atoms with van der Waals surface area (Å²) in [6.07, 6.45) is 5.70. The van der Waals surface area contributed by atoms with Gasteiger partial charge in [0.2, 0.25) is 0 Å². The normalized spacial score (nSPS) is 18.5. The monoisotopic (exact) mass is 367 g/mol. The van der Waals surface area contributed by atoms with Crippen molar-refractivity contribution in [3.8, 4) is 16.9 Å². The number of aliphatic hydroxyl groups is 1. The van der Waals surface area contributed by atoms with Crippen LogP contribution < -0.4 is 4.74 Å². The molecule has 1 aliphatic heterocycles. The van der Waals surface area contributed by atoms with Gasteiger partial charge >= 0.3 is 5.97 Å². The summed E-state index contributed by atoms with van der Waals surface area (Å²) >= 11 is 0. The highest BCUT2D eigenvalue weighted by Crippen LogP contribution is 2.46. The molecule has 6 nitrogen and oxygen atoms in total. The molecule has 2 N–H and O–H groups in total. The Labute approximate surface area is 156 Å². The number of methoxy groups -OCH3 is 1. The Morgan fingerprint density at radius 3 is 2.37 bits per heavy atom. The summed E-state index contributed by atoms with van der Waals surface area (Å²) in [7, 11) is 1.58. The molecule has 6 heteroatoms. The molecule has 140 valence electrons. The van der Waals surface area contributed by atoms with Crippen LogP contribution in [-0.4, -0.2) is 33.6 Å². The van der Waals surface area contributed by atoms with E-state index in [1.165, 1.54) is 0 Å². The number of hydrogen-bond acceptors (Lipinski definition) is 4. The van der Waals surface area contributed by atoms with E-state index in [0.717, 1.165) is 24.8 Å². The summed E-state index contributed by atoms with van der Waals surface area (Å²) in [6, 6.07) is 9.16. The van der Waals surface area contributed by atoms with Gasteiger partial charge in [0.05, 0.1) is 12.8 Å². The van der Waals surface area contributed by atoms with Crippen molar-refractivity contribution in [3.05, 3.63) is 47.8 Å². The maximum absolute atomic E-state index is 13.1. The van der Waals surface area contributed by atoms with Crippen molar-refractivity contribution in [2.75, 3.05) is 7.11 Å². The molecule has 1 spiro atoms. The van der Waals surface area contributed by atoms with Gasteiger partial charge in [-0.05, 0) is 36.6 Å². The standard InChI is InChI=1S/C21H21NO5/c1-27-14-7-5-13(6-8-14)15-9-12-22-17(15)18(23)16(20(25)26)19(24)21(22)10-3-2-4-11-21/h5-9,12,23H,2-4,10-11H2,1H3,(H,25,26). The Kier molecular flexibility index (Phi) is 4.06. The summed E-state index contributed by atoms with van der Waals surface area (Å²) < 4.78 is 6.99. The average molecular weight is 367 g/mol. The molecule has 1 aromatic heterocycles. The van der Waals surface area contributed by atoms with Gasteiger partial charge < -0.3 is 19.5 Å². The molecular weight excluding hydrogens is 346 g/mol. The number of hydrogen-bond donors (Lipinski definition) is 2. The highest BCUT2D eigenvalue weighted by molar-refractivity contribution is 6.25. The smallest absolute Gasteiger partial charge is 0.343 e. The van der Waals surface area contributed by atoms with E-state index in [4.69, 9.17) is 4.74 Å². The quantitative estimate of drug-likeness (QED) is 0.807. The van der Waals surface area contributed by atoms with E-state index in [1.54, 1.807) is 17.9 Å². The molecule has 1 fully saturated rings. The van der Waals surface area contributed by atoms with Crippen LogP contribution in [-0.2, 0) is 15.1 Å². The van der Waals surface area contributed by atoms with Crippen LogP contribution in [0.5, 0.6) is 5.75 Å². The Balaban J connectivity index is 1.95. The highest BCUT2D eigenvalue weighted by Gasteiger charge is 2.50. The van der Waals surface area contributed by atoms with Crippen LogP contribution in [0.25, 0.3) is 16.9 Å². The fourth-order valence-corrected chi connectivity index (χ4v) is 4.41. The van der Waals surface area contributed by atoms with Crippen molar-refractivity contribution in [3.63, 3.8) is 0 Å². The first-order valence-corrected chi connectivity index (χ1v) is 9.07. The Bertz CT molecular complexity index is 945. The number of Topliss-reactive ketones (excluding diaryl/α,β-unsaturated/α-hetero) is 1. The third-order valence-corrected chi connectivity index (χ3v) is 5.75. The molecule has 0 radical (unpaired) electrons. The van der Waals surface area contributed by atoms with Crippen molar-refractivity contribution < 1.29 is 24.5 Å². The van der Waals surface area contributed by atoms with Crippen LogP contribution in [0, 0.1) is 0 Å². The summed E-state index contributed by atoms with van der Waals surface area (Å²) in [5.74, 6) is -1.62. The first-order valence-electron chi connectivity index (χ1n) is 9.07. The van der Waals surface area contributed by atoms with Gasteiger partial charge in [-0.3, -0.25) is 4.79 Å². The number of aromatic nitrogens is 1. The van der Waals surface area contributed by atoms with Crippen molar-refractivity contribution in [1.29, 1.82) is 0 Å². The number of nitrogens with zero attached hydrogens (tertiary/aromatic N) is 1. The maximum atomic E-state index is 13.1. The van der Waals surface area contributed by atoms with E-state index in [-0.39, 0.29) is 0 Å². The minimum atomic E-state index is -1.38. The number of ether oxygens (including phenoxy) is 1. The zero-order valence-corrected chi connectivity index (χ0v) is 15.1. The number of rotatable bonds is 3. The van der Waals surface area contributed by atoms with Gasteiger partial charge in [-0.15, -0.1) is 0 Å². The second kappa shape index (κ2) is 6.30. The first-order chi connectivity index (χ1) is 13.0. The lowest BCUT2D eigenvalue weighted by Gasteiger charge is -2.41. The number of carbonyl (C=O) groups excluding carboxylic acids is 1. The minimum absolute atomic E-state index is 0.402. The van der Waals surface area contributed by atoms with Crippen molar-refractivity contribution in [1.82, 2.24) is 4.57 Å². The lowest BCUT2D eigenvalue weighted by molar-refractivity contribution is -0.137. The fraction of sp³-hybridized carbons (Fsp3) is 0.333. The van der Waals surface area contributed by atoms with E-state index >= 15 is 0 Å². The summed E-state index contributed by atoms with van der Waals surface area (Å²) in [6.45, 7) is 0. The van der Waals surface area contributed by atoms with E-state index in [2.05, 4.69) is 0 Å². The predicted molar refractivity (Wildman–Crippen MR) is 99.7 cm³/mol. The third kappa shape index (κ3) is 2.47. The zero-order chi connectivity index (χ0) is 19.2. The predicted octanol–water partition coefficient (Wildman–Crippen LogP) is 3.76. The Morgan fingerprint density at radius 1 is 1.11 bits per heavy atom. The number of ketones is 1. The summed E-state index contributed by atoms with van der Waals surface area (Å²) in [4.78, 5) is 24.9. The first kappa shape index (κ1) is 17.4. The van der Waals surface area contributed by atoms with E-state index in [9.17, 15) is 19.8 Å². The topological polar surface area (TPSA) is 88.8 Å². The molecule has 2 aromatic rings. The Hall–Kier alpha value is -3.02. The number of aliphatic carboxylic acids is 1. The molecule has 1 saturated carbocycles. The second-order valence-electron chi connectivity index (χ2n) is 7.13. The summed E-state index contributed by atoms with van der Waals surface area (Å²) in [5, 5.41) is 20.4. The number of aliphatic hydroxyl groups excluding tert-OH is 1. The molecule has 2 heterocycles. The third-order valence-electron chi connectivity index (χ3n) is 5.75. The molecule has 4 rings (SSSR count). The van der Waals surface area contributed by atoms with Crippen molar-refractivity contribution in [2.45, 2.75) is 37.6 Å². The SMILES string of the molecule is COc1ccc(-c2ccn3c2C(O)=C(C(=O)O)C(=O)C32CCCCC2)cc1. The van der Waals surface area contributed by atoms with Gasteiger partial charge in [-0.1, -0.05) is 31.4 Å². The van der Waals surface area contributed by atoms with Gasteiger partial charge in [0.25, 0.3) is 0 Å². The molecule has 1 aliphatic carbocycles. The number of carboxylic acids is 1. The fourth-order valence-electron chi connectivity index (χ4n) is 4.41. The van der Waals surface area contributed by atoms with Crippen molar-refractivity contribution >= 4 is 17.5 Å². The van der Waals surface area contributed by atoms with Gasteiger partial charge in [0, 0.05) is 11.8 Å². The number of carbonyl (C=O) groups is 2. The zero-order valence-electron chi connectivity index (χ0n) is 15.1. The molecule has 1 aromatic carbocycles. The summed E-state index contributed by atoms with van der Waals surface area (Å²) in [5.41, 5.74) is 0.502. The molecule has 0 amide bonds. The number of benzene rings is 1. The Morgan fingerprint density at radius 2 is 1.78 bits per heavy atom. The second-order valence-corrected chi connectivity index (χ2v) is 7.13. The van der Waals surface area contributed by atoms with Crippen LogP contribution in [0.4, 0.5) is 0 Å². The highest BCUT2D eigenvalue weighted by atomic mass is 16.5. The van der Waals surface area contributed by atoms with Crippen LogP contribution >= 0.6 is 0 Å². The molecule has 0 saturated heterocycles. The average Bonchev–Trinajstić information content (AvgIpc) is 3.13. The lowest BCUT2D eigenvalue weighted by Crippen LogP contribution is -2.48. The molecule has 0 bridgehead atoms.